The smallest absolute Gasteiger partial charge is 0.181 e. The molecule has 4 bridgehead atoms. The summed E-state index contributed by atoms with van der Waals surface area (Å²) in [6.07, 6.45) is 4.16. The minimum absolute atomic E-state index is 0.168. The maximum Gasteiger partial charge on any atom is 0.181 e. The molecule has 1 heterocycles. The first-order chi connectivity index (χ1) is 27.4. The highest BCUT2D eigenvalue weighted by molar-refractivity contribution is 7.71. The molecular formula is C53H40N2S. The van der Waals surface area contributed by atoms with Crippen LogP contribution in [0.1, 0.15) is 116 Å². The lowest BCUT2D eigenvalue weighted by Gasteiger charge is -2.54. The molecule has 0 unspecified atom stereocenters. The first-order valence-electron chi connectivity index (χ1n) is 19.9. The van der Waals surface area contributed by atoms with Crippen molar-refractivity contribution in [2.24, 2.45) is 0 Å². The minimum Gasteiger partial charge on any atom is -0.337 e. The Morgan fingerprint density at radius 3 is 1.04 bits per heavy atom. The molecule has 0 aliphatic heterocycles. The van der Waals surface area contributed by atoms with Gasteiger partial charge in [-0.2, -0.15) is 0 Å². The molecule has 7 aromatic carbocycles. The van der Waals surface area contributed by atoms with Crippen LogP contribution in [0.2, 0.25) is 0 Å². The van der Waals surface area contributed by atoms with Crippen molar-refractivity contribution in [2.75, 3.05) is 0 Å². The van der Waals surface area contributed by atoms with Gasteiger partial charge in [-0.1, -0.05) is 178 Å². The van der Waals surface area contributed by atoms with Gasteiger partial charge in [0.05, 0.1) is 16.5 Å². The Kier molecular flexibility index (Phi) is 6.36. The van der Waals surface area contributed by atoms with Crippen LogP contribution in [-0.4, -0.2) is 9.55 Å². The van der Waals surface area contributed by atoms with Gasteiger partial charge in [-0.15, -0.1) is 0 Å². The van der Waals surface area contributed by atoms with Crippen molar-refractivity contribution in [2.45, 2.75) is 48.9 Å². The summed E-state index contributed by atoms with van der Waals surface area (Å²) >= 11 is 6.34. The molecule has 0 radical (unpaired) electrons. The molecule has 0 amide bonds. The van der Waals surface area contributed by atoms with Gasteiger partial charge in [0, 0.05) is 24.2 Å². The van der Waals surface area contributed by atoms with Crippen LogP contribution in [-0.2, 0) is 16.2 Å². The standard InChI is InChI=1S/C53H40N2S/c1-51(2,3)32-30-45(52-39-22-10-4-16-33(39)47(34-17-5-11-23-40(34)52)35-18-6-12-24-41(35)52)49(55-29-28-54-50(55)56)46(31-32)53-42-25-13-7-19-36(42)48(37-20-8-14-26-43(37)53)38-21-9-15-27-44(38)53/h4-31,47-48H,1-3H3,(H,54,56). The molecule has 56 heavy (non-hydrogen) atoms. The predicted octanol–water partition coefficient (Wildman–Crippen LogP) is 12.2. The summed E-state index contributed by atoms with van der Waals surface area (Å²) in [5.74, 6) is 0.336. The molecule has 0 saturated carbocycles. The van der Waals surface area contributed by atoms with Crippen molar-refractivity contribution < 1.29 is 0 Å². The molecule has 6 aliphatic carbocycles. The monoisotopic (exact) mass is 736 g/mol. The van der Waals surface area contributed by atoms with Crippen LogP contribution in [0.3, 0.4) is 0 Å². The molecule has 1 N–H and O–H groups in total. The highest BCUT2D eigenvalue weighted by Crippen LogP contribution is 2.66. The van der Waals surface area contributed by atoms with Crippen LogP contribution in [0, 0.1) is 4.77 Å². The number of rotatable bonds is 3. The molecule has 3 heteroatoms. The Morgan fingerprint density at radius 1 is 0.464 bits per heavy atom. The van der Waals surface area contributed by atoms with E-state index in [0.29, 0.717) is 4.77 Å². The van der Waals surface area contributed by atoms with E-state index in [1.807, 2.05) is 6.20 Å². The van der Waals surface area contributed by atoms with E-state index in [2.05, 4.69) is 194 Å². The van der Waals surface area contributed by atoms with Gasteiger partial charge in [0.1, 0.15) is 0 Å². The number of aromatic nitrogens is 2. The number of hydrogen-bond acceptors (Lipinski definition) is 1. The summed E-state index contributed by atoms with van der Waals surface area (Å²) in [5.41, 5.74) is 20.0. The van der Waals surface area contributed by atoms with E-state index < -0.39 is 10.8 Å². The van der Waals surface area contributed by atoms with E-state index in [1.165, 1.54) is 83.5 Å². The number of hydrogen-bond donors (Lipinski definition) is 1. The van der Waals surface area contributed by atoms with Crippen LogP contribution >= 0.6 is 12.2 Å². The number of aromatic amines is 1. The van der Waals surface area contributed by atoms with Crippen LogP contribution < -0.4 is 0 Å². The Bertz CT molecular complexity index is 2620. The van der Waals surface area contributed by atoms with E-state index in [9.17, 15) is 0 Å². The molecule has 0 saturated heterocycles. The normalized spacial score (nSPS) is 21.7. The lowest BCUT2D eigenvalue weighted by Crippen LogP contribution is -2.46. The Morgan fingerprint density at radius 2 is 0.768 bits per heavy atom. The fourth-order valence-electron chi connectivity index (χ4n) is 11.7. The summed E-state index contributed by atoms with van der Waals surface area (Å²) in [4.78, 5) is 3.45. The van der Waals surface area contributed by atoms with Crippen molar-refractivity contribution in [3.8, 4) is 5.69 Å². The fourth-order valence-corrected chi connectivity index (χ4v) is 11.9. The molecule has 6 aliphatic rings. The third-order valence-electron chi connectivity index (χ3n) is 13.7. The zero-order valence-electron chi connectivity index (χ0n) is 31.7. The molecule has 0 fully saturated rings. The highest BCUT2D eigenvalue weighted by Gasteiger charge is 2.57. The van der Waals surface area contributed by atoms with Gasteiger partial charge in [0.25, 0.3) is 0 Å². The van der Waals surface area contributed by atoms with Gasteiger partial charge in [-0.05, 0) is 101 Å². The summed E-state index contributed by atoms with van der Waals surface area (Å²) in [5, 5.41) is 0. The second-order valence-corrected chi connectivity index (χ2v) is 17.6. The summed E-state index contributed by atoms with van der Waals surface area (Å²) < 4.78 is 2.97. The molecule has 14 rings (SSSR count). The first kappa shape index (κ1) is 32.2. The fraction of sp³-hybridized carbons (Fsp3) is 0.151. The molecule has 268 valence electrons. The number of nitrogens with one attached hydrogen (secondary N) is 1. The van der Waals surface area contributed by atoms with Gasteiger partial charge in [-0.25, -0.2) is 0 Å². The van der Waals surface area contributed by atoms with Gasteiger partial charge < -0.3 is 4.98 Å². The highest BCUT2D eigenvalue weighted by atomic mass is 32.1. The quantitative estimate of drug-likeness (QED) is 0.179. The lowest BCUT2D eigenvalue weighted by molar-refractivity contribution is 0.570. The van der Waals surface area contributed by atoms with Crippen molar-refractivity contribution in [3.05, 3.63) is 258 Å². The summed E-state index contributed by atoms with van der Waals surface area (Å²) in [7, 11) is 0. The predicted molar refractivity (Wildman–Crippen MR) is 228 cm³/mol. The van der Waals surface area contributed by atoms with Crippen LogP contribution in [0.15, 0.2) is 170 Å². The second-order valence-electron chi connectivity index (χ2n) is 17.2. The molecule has 1 aromatic heterocycles. The van der Waals surface area contributed by atoms with E-state index in [4.69, 9.17) is 12.2 Å². The zero-order chi connectivity index (χ0) is 37.6. The summed E-state index contributed by atoms with van der Waals surface area (Å²) in [6.45, 7) is 7.11. The topological polar surface area (TPSA) is 20.7 Å². The Hall–Kier alpha value is -6.03. The van der Waals surface area contributed by atoms with Crippen molar-refractivity contribution in [1.29, 1.82) is 0 Å². The van der Waals surface area contributed by atoms with Crippen LogP contribution in [0.5, 0.6) is 0 Å². The van der Waals surface area contributed by atoms with Crippen molar-refractivity contribution >= 4 is 12.2 Å². The Labute approximate surface area is 333 Å². The van der Waals surface area contributed by atoms with Crippen molar-refractivity contribution in [1.82, 2.24) is 9.55 Å². The molecular weight excluding hydrogens is 697 g/mol. The van der Waals surface area contributed by atoms with Gasteiger partial charge in [-0.3, -0.25) is 4.57 Å². The van der Waals surface area contributed by atoms with Crippen LogP contribution in [0.4, 0.5) is 0 Å². The molecule has 0 atom stereocenters. The average molecular weight is 737 g/mol. The molecule has 8 aromatic rings. The maximum absolute atomic E-state index is 6.34. The number of nitrogens with zero attached hydrogens (tertiary/aromatic N) is 1. The SMILES string of the molecule is CC(C)(C)c1cc(C23c4ccccc4C(c4ccccc42)c2ccccc23)c(-n2cc[nH]c2=S)c(C23c4ccccc4C(c4ccccc42)c2ccccc23)c1. The third-order valence-corrected chi connectivity index (χ3v) is 14.0. The average Bonchev–Trinajstić information content (AvgIpc) is 3.67. The van der Waals surface area contributed by atoms with Crippen LogP contribution in [0.25, 0.3) is 5.69 Å². The van der Waals surface area contributed by atoms with E-state index in [-0.39, 0.29) is 17.3 Å². The van der Waals surface area contributed by atoms with Gasteiger partial charge >= 0.3 is 0 Å². The summed E-state index contributed by atoms with van der Waals surface area (Å²) in [6, 6.07) is 60.6. The maximum atomic E-state index is 6.34. The second kappa shape index (κ2) is 11.1. The molecule has 2 nitrogen and oxygen atoms in total. The number of benzene rings is 7. The van der Waals surface area contributed by atoms with E-state index in [1.54, 1.807) is 0 Å². The van der Waals surface area contributed by atoms with Crippen molar-refractivity contribution in [3.63, 3.8) is 0 Å². The van der Waals surface area contributed by atoms with Gasteiger partial charge in [0.15, 0.2) is 4.77 Å². The first-order valence-corrected chi connectivity index (χ1v) is 20.3. The third kappa shape index (κ3) is 3.75. The van der Waals surface area contributed by atoms with E-state index >= 15 is 0 Å². The lowest BCUT2D eigenvalue weighted by atomic mass is 9.48. The van der Waals surface area contributed by atoms with Gasteiger partial charge in [0.2, 0.25) is 0 Å². The Balaban J connectivity index is 1.37. The van der Waals surface area contributed by atoms with E-state index in [0.717, 1.165) is 5.69 Å². The molecule has 0 spiro atoms. The number of imidazole rings is 1. The largest absolute Gasteiger partial charge is 0.337 e. The zero-order valence-corrected chi connectivity index (χ0v) is 32.5. The number of H-pyrrole nitrogens is 1. The minimum atomic E-state index is -0.628.